The first-order valence-corrected chi connectivity index (χ1v) is 8.78. The summed E-state index contributed by atoms with van der Waals surface area (Å²) >= 11 is 6.04. The third-order valence-electron chi connectivity index (χ3n) is 4.28. The lowest BCUT2D eigenvalue weighted by molar-refractivity contribution is 0.429. The molecule has 2 heterocycles. The summed E-state index contributed by atoms with van der Waals surface area (Å²) < 4.78 is 7.28. The first kappa shape index (κ1) is 15.3. The first-order chi connectivity index (χ1) is 12.8. The van der Waals surface area contributed by atoms with Crippen LogP contribution in [0.3, 0.4) is 0 Å². The van der Waals surface area contributed by atoms with E-state index in [1.807, 2.05) is 47.1 Å². The number of benzene rings is 2. The summed E-state index contributed by atoms with van der Waals surface area (Å²) in [6.45, 7) is 0. The fraction of sp³-hybridized carbons (Fsp3) is 0.158. The van der Waals surface area contributed by atoms with Gasteiger partial charge in [-0.1, -0.05) is 47.1 Å². The van der Waals surface area contributed by atoms with Crippen molar-refractivity contribution in [1.82, 2.24) is 24.9 Å². The molecule has 1 fully saturated rings. The Balaban J connectivity index is 1.55. The second kappa shape index (κ2) is 6.07. The van der Waals surface area contributed by atoms with Crippen LogP contribution in [-0.4, -0.2) is 24.9 Å². The third kappa shape index (κ3) is 2.78. The molecule has 1 saturated carbocycles. The number of halogens is 1. The van der Waals surface area contributed by atoms with Crippen molar-refractivity contribution >= 4 is 11.6 Å². The molecule has 26 heavy (non-hydrogen) atoms. The molecule has 0 N–H and O–H groups in total. The van der Waals surface area contributed by atoms with E-state index < -0.39 is 0 Å². The zero-order valence-electron chi connectivity index (χ0n) is 13.7. The minimum absolute atomic E-state index is 0.302. The Hall–Kier alpha value is -2.99. The van der Waals surface area contributed by atoms with Crippen LogP contribution >= 0.6 is 11.6 Å². The predicted molar refractivity (Wildman–Crippen MR) is 97.1 cm³/mol. The van der Waals surface area contributed by atoms with Crippen molar-refractivity contribution < 1.29 is 4.52 Å². The lowest BCUT2D eigenvalue weighted by Gasteiger charge is -2.03. The molecule has 0 saturated heterocycles. The average molecular weight is 364 g/mol. The Morgan fingerprint density at radius 2 is 1.81 bits per heavy atom. The molecule has 2 aromatic carbocycles. The summed E-state index contributed by atoms with van der Waals surface area (Å²) in [7, 11) is 0. The highest BCUT2D eigenvalue weighted by atomic mass is 35.5. The summed E-state index contributed by atoms with van der Waals surface area (Å²) in [4.78, 5) is 9.12. The van der Waals surface area contributed by atoms with E-state index in [2.05, 4.69) is 20.2 Å². The Labute approximate surface area is 154 Å². The van der Waals surface area contributed by atoms with Crippen molar-refractivity contribution in [2.24, 2.45) is 0 Å². The Morgan fingerprint density at radius 1 is 0.962 bits per heavy atom. The quantitative estimate of drug-likeness (QED) is 0.533. The molecule has 4 aromatic rings. The van der Waals surface area contributed by atoms with Crippen molar-refractivity contribution in [3.63, 3.8) is 0 Å². The molecule has 0 radical (unpaired) electrons. The molecule has 0 amide bonds. The van der Waals surface area contributed by atoms with Gasteiger partial charge in [-0.2, -0.15) is 4.98 Å². The van der Waals surface area contributed by atoms with E-state index in [0.717, 1.165) is 29.9 Å². The minimum atomic E-state index is 0.302. The second-order valence-electron chi connectivity index (χ2n) is 6.25. The minimum Gasteiger partial charge on any atom is -0.330 e. The van der Waals surface area contributed by atoms with Crippen LogP contribution in [0.15, 0.2) is 59.1 Å². The molecule has 6 nitrogen and oxygen atoms in total. The van der Waals surface area contributed by atoms with Crippen LogP contribution in [0.4, 0.5) is 0 Å². The fourth-order valence-electron chi connectivity index (χ4n) is 2.84. The largest absolute Gasteiger partial charge is 0.330 e. The zero-order valence-corrected chi connectivity index (χ0v) is 14.5. The number of aromatic nitrogens is 5. The van der Waals surface area contributed by atoms with Gasteiger partial charge in [0, 0.05) is 16.5 Å². The molecule has 7 heteroatoms. The average Bonchev–Trinajstić information content (AvgIpc) is 3.22. The van der Waals surface area contributed by atoms with Crippen molar-refractivity contribution in [2.75, 3.05) is 0 Å². The van der Waals surface area contributed by atoms with E-state index in [0.29, 0.717) is 28.5 Å². The summed E-state index contributed by atoms with van der Waals surface area (Å²) in [6.07, 6.45) is 2.26. The standard InChI is InChI=1S/C19H14ClN5O/c20-14-6-4-5-13(11-14)16-22-19(26-24-16)17-21-18(12-9-10-12)25(23-17)15-7-2-1-3-8-15/h1-8,11-12H,9-10H2. The van der Waals surface area contributed by atoms with Crippen LogP contribution in [0.2, 0.25) is 5.02 Å². The van der Waals surface area contributed by atoms with Gasteiger partial charge in [0.05, 0.1) is 5.69 Å². The number of para-hydroxylation sites is 1. The number of rotatable bonds is 4. The predicted octanol–water partition coefficient (Wildman–Crippen LogP) is 4.52. The SMILES string of the molecule is Clc1cccc(-c2noc(-c3nc(C4CC4)n(-c4ccccc4)n3)n2)c1. The van der Waals surface area contributed by atoms with Crippen LogP contribution in [0, 0.1) is 0 Å². The number of hydrogen-bond acceptors (Lipinski definition) is 5. The van der Waals surface area contributed by atoms with Gasteiger partial charge >= 0.3 is 0 Å². The van der Waals surface area contributed by atoms with Crippen molar-refractivity contribution in [1.29, 1.82) is 0 Å². The molecule has 128 valence electrons. The van der Waals surface area contributed by atoms with Crippen molar-refractivity contribution in [3.05, 3.63) is 65.4 Å². The zero-order chi connectivity index (χ0) is 17.5. The summed E-state index contributed by atoms with van der Waals surface area (Å²) in [5.41, 5.74) is 1.76. The maximum Gasteiger partial charge on any atom is 0.297 e. The van der Waals surface area contributed by atoms with Gasteiger partial charge in [-0.15, -0.1) is 5.10 Å². The smallest absolute Gasteiger partial charge is 0.297 e. The Kier molecular flexibility index (Phi) is 3.57. The maximum atomic E-state index is 6.04. The molecule has 5 rings (SSSR count). The first-order valence-electron chi connectivity index (χ1n) is 8.40. The van der Waals surface area contributed by atoms with Crippen LogP contribution in [0.1, 0.15) is 24.6 Å². The lowest BCUT2D eigenvalue weighted by Crippen LogP contribution is -2.01. The van der Waals surface area contributed by atoms with Gasteiger partial charge in [-0.25, -0.2) is 9.67 Å². The molecule has 1 aliphatic carbocycles. The van der Waals surface area contributed by atoms with Crippen molar-refractivity contribution in [3.8, 4) is 28.8 Å². The summed E-state index contributed by atoms with van der Waals surface area (Å²) in [5.74, 6) is 2.58. The molecule has 0 aliphatic heterocycles. The number of hydrogen-bond donors (Lipinski definition) is 0. The Morgan fingerprint density at radius 3 is 2.58 bits per heavy atom. The van der Waals surface area contributed by atoms with Gasteiger partial charge in [0.2, 0.25) is 11.6 Å². The molecule has 2 aromatic heterocycles. The molecule has 0 spiro atoms. The van der Waals surface area contributed by atoms with Gasteiger partial charge in [0.15, 0.2) is 0 Å². The summed E-state index contributed by atoms with van der Waals surface area (Å²) in [5, 5.41) is 9.28. The van der Waals surface area contributed by atoms with Gasteiger partial charge < -0.3 is 4.52 Å². The topological polar surface area (TPSA) is 69.6 Å². The highest BCUT2D eigenvalue weighted by Gasteiger charge is 2.31. The third-order valence-corrected chi connectivity index (χ3v) is 4.51. The van der Waals surface area contributed by atoms with Gasteiger partial charge in [0.1, 0.15) is 5.82 Å². The van der Waals surface area contributed by atoms with Gasteiger partial charge in [-0.05, 0) is 37.1 Å². The lowest BCUT2D eigenvalue weighted by atomic mass is 10.2. The highest BCUT2D eigenvalue weighted by Crippen LogP contribution is 2.40. The molecule has 0 unspecified atom stereocenters. The van der Waals surface area contributed by atoms with E-state index >= 15 is 0 Å². The van der Waals surface area contributed by atoms with E-state index in [4.69, 9.17) is 16.1 Å². The van der Waals surface area contributed by atoms with Crippen molar-refractivity contribution in [2.45, 2.75) is 18.8 Å². The molecular weight excluding hydrogens is 350 g/mol. The van der Waals surface area contributed by atoms with Crippen LogP contribution in [0.5, 0.6) is 0 Å². The van der Waals surface area contributed by atoms with Crippen LogP contribution in [-0.2, 0) is 0 Å². The van der Waals surface area contributed by atoms with Crippen LogP contribution < -0.4 is 0 Å². The summed E-state index contributed by atoms with van der Waals surface area (Å²) in [6, 6.07) is 17.3. The van der Waals surface area contributed by atoms with Crippen LogP contribution in [0.25, 0.3) is 28.8 Å². The number of nitrogens with zero attached hydrogens (tertiary/aromatic N) is 5. The van der Waals surface area contributed by atoms with E-state index in [1.54, 1.807) is 12.1 Å². The van der Waals surface area contributed by atoms with E-state index in [1.165, 1.54) is 0 Å². The Bertz CT molecular complexity index is 1070. The monoisotopic (exact) mass is 363 g/mol. The van der Waals surface area contributed by atoms with Gasteiger partial charge in [0.25, 0.3) is 5.89 Å². The van der Waals surface area contributed by atoms with E-state index in [-0.39, 0.29) is 0 Å². The normalized spacial score (nSPS) is 13.9. The molecule has 0 atom stereocenters. The molecule has 1 aliphatic rings. The maximum absolute atomic E-state index is 6.04. The van der Waals surface area contributed by atoms with Gasteiger partial charge in [-0.3, -0.25) is 0 Å². The molecular formula is C19H14ClN5O. The molecule has 0 bridgehead atoms. The highest BCUT2D eigenvalue weighted by molar-refractivity contribution is 6.30. The fourth-order valence-corrected chi connectivity index (χ4v) is 3.03. The second-order valence-corrected chi connectivity index (χ2v) is 6.69. The van der Waals surface area contributed by atoms with E-state index in [9.17, 15) is 0 Å².